The monoisotopic (exact) mass is 729 g/mol. The summed E-state index contributed by atoms with van der Waals surface area (Å²) >= 11 is 0. The molecule has 16 nitrogen and oxygen atoms in total. The predicted octanol–water partition coefficient (Wildman–Crippen LogP) is -4.31. The fourth-order valence-electron chi connectivity index (χ4n) is 3.27. The van der Waals surface area contributed by atoms with Crippen LogP contribution < -0.4 is 37.3 Å². The van der Waals surface area contributed by atoms with Crippen molar-refractivity contribution >= 4 is 0 Å². The van der Waals surface area contributed by atoms with Crippen LogP contribution in [0.4, 0.5) is 0 Å². The Bertz CT molecular complexity index is 1450. The second kappa shape index (κ2) is 19.3. The van der Waals surface area contributed by atoms with Gasteiger partial charge in [-0.3, -0.25) is 19.9 Å². The van der Waals surface area contributed by atoms with Crippen molar-refractivity contribution in [2.24, 2.45) is 0 Å². The van der Waals surface area contributed by atoms with Crippen LogP contribution >= 0.6 is 0 Å². The molecule has 47 heavy (non-hydrogen) atoms. The molecule has 0 bridgehead atoms. The number of hydrogen-bond donors (Lipinski definition) is 0. The molecule has 0 saturated heterocycles. The summed E-state index contributed by atoms with van der Waals surface area (Å²) in [7, 11) is -9.89. The van der Waals surface area contributed by atoms with Crippen molar-refractivity contribution in [3.8, 4) is 45.6 Å². The molecule has 0 unspecified atom stereocenters. The average molecular weight is 731 g/mol. The van der Waals surface area contributed by atoms with Gasteiger partial charge >= 0.3 is 17.1 Å². The van der Waals surface area contributed by atoms with Crippen molar-refractivity contribution in [1.29, 1.82) is 0 Å². The summed E-state index contributed by atoms with van der Waals surface area (Å²) in [5, 5.41) is 16.7. The second-order valence-corrected chi connectivity index (χ2v) is 9.74. The fraction of sp³-hybridized carbons (Fsp3) is 0. The van der Waals surface area contributed by atoms with Gasteiger partial charge in [0.15, 0.2) is 0 Å². The molecule has 1 radical (unpaired) electrons. The maximum atomic E-state index is 8.49. The largest absolute Gasteiger partial charge is 2.00 e. The minimum atomic E-state index is -4.94. The molecule has 245 valence electrons. The van der Waals surface area contributed by atoms with E-state index in [0.29, 0.717) is 0 Å². The summed E-state index contributed by atoms with van der Waals surface area (Å²) in [5.41, 5.74) is 6.31. The van der Waals surface area contributed by atoms with Crippen LogP contribution in [0.2, 0.25) is 0 Å². The Hall–Kier alpha value is -4.46. The van der Waals surface area contributed by atoms with Gasteiger partial charge in [0.05, 0.1) is 22.8 Å². The predicted molar refractivity (Wildman–Crippen MR) is 137 cm³/mol. The Morgan fingerprint density at radius 2 is 0.489 bits per heavy atom. The van der Waals surface area contributed by atoms with Gasteiger partial charge < -0.3 is 0 Å². The van der Waals surface area contributed by atoms with E-state index in [1.54, 1.807) is 24.8 Å². The third-order valence-electron chi connectivity index (χ3n) is 5.04. The topological polar surface area (TPSA) is 288 Å². The van der Waals surface area contributed by atoms with Crippen molar-refractivity contribution in [1.82, 2.24) is 40.3 Å². The first-order valence-electron chi connectivity index (χ1n) is 12.4. The number of nitrogens with zero attached hydrogens (tertiary/aromatic N) is 8. The van der Waals surface area contributed by atoms with Gasteiger partial charge in [0.1, 0.15) is 22.8 Å². The SMILES string of the molecule is [Cu+2].[O-][Cl+3]([O-])([O-])[O-].[O-][Cl+3]([O-])([O-])[O-].c1ccc(-c2ccc(-c3ccccn3)nn2)nc1.c1ccc(-c2ccc(-c3ccccn3)nn2)nc1. The van der Waals surface area contributed by atoms with E-state index in [9.17, 15) is 0 Å². The van der Waals surface area contributed by atoms with E-state index in [1.165, 1.54) is 0 Å². The van der Waals surface area contributed by atoms with Gasteiger partial charge in [-0.15, -0.1) is 40.9 Å². The standard InChI is InChI=1S/2C14H10N4.2ClHO4.Cu/c2*1-3-9-15-11(5-1)13-7-8-14(18-17-13)12-6-2-4-10-16-12;2*2-1(3,4)5;/h2*1-10H;2*(H,2,3,4,5);/q;;;;+2/p-2. The number of pyridine rings is 4. The first kappa shape index (κ1) is 38.7. The molecule has 0 amide bonds. The Kier molecular flexibility index (Phi) is 15.9. The molecule has 0 aliphatic carbocycles. The van der Waals surface area contributed by atoms with E-state index in [0.717, 1.165) is 45.6 Å². The normalized spacial score (nSPS) is 10.4. The summed E-state index contributed by atoms with van der Waals surface area (Å²) in [6.45, 7) is 0. The van der Waals surface area contributed by atoms with E-state index in [2.05, 4.69) is 40.3 Å². The first-order valence-corrected chi connectivity index (χ1v) is 14.9. The quantitative estimate of drug-likeness (QED) is 0.155. The van der Waals surface area contributed by atoms with Crippen LogP contribution in [0.1, 0.15) is 0 Å². The van der Waals surface area contributed by atoms with Crippen LogP contribution in [0, 0.1) is 20.5 Å². The van der Waals surface area contributed by atoms with Crippen molar-refractivity contribution in [2.75, 3.05) is 0 Å². The van der Waals surface area contributed by atoms with Crippen LogP contribution in [0.5, 0.6) is 0 Å². The minimum Gasteiger partial charge on any atom is -0.255 e. The van der Waals surface area contributed by atoms with Gasteiger partial charge in [-0.2, -0.15) is 0 Å². The molecule has 6 heterocycles. The number of hydrogen-bond acceptors (Lipinski definition) is 16. The maximum absolute atomic E-state index is 8.49. The third kappa shape index (κ3) is 16.1. The van der Waals surface area contributed by atoms with Crippen molar-refractivity contribution in [3.05, 3.63) is 122 Å². The minimum absolute atomic E-state index is 0. The maximum Gasteiger partial charge on any atom is 2.00 e. The smallest absolute Gasteiger partial charge is 0.255 e. The second-order valence-electron chi connectivity index (χ2n) is 8.22. The molecule has 0 aromatic carbocycles. The zero-order valence-corrected chi connectivity index (χ0v) is 25.9. The zero-order valence-electron chi connectivity index (χ0n) is 23.4. The van der Waals surface area contributed by atoms with E-state index in [-0.39, 0.29) is 17.1 Å². The van der Waals surface area contributed by atoms with Gasteiger partial charge in [0.25, 0.3) is 0 Å². The summed E-state index contributed by atoms with van der Waals surface area (Å²) < 4.78 is 67.9. The van der Waals surface area contributed by atoms with E-state index in [4.69, 9.17) is 37.3 Å². The molecule has 6 rings (SSSR count). The number of rotatable bonds is 4. The molecule has 0 atom stereocenters. The Morgan fingerprint density at radius 3 is 0.617 bits per heavy atom. The van der Waals surface area contributed by atoms with Crippen LogP contribution in [-0.4, -0.2) is 40.3 Å². The van der Waals surface area contributed by atoms with Crippen molar-refractivity contribution < 1.29 is 74.8 Å². The van der Waals surface area contributed by atoms with E-state index < -0.39 is 20.5 Å². The summed E-state index contributed by atoms with van der Waals surface area (Å²) in [5.74, 6) is 0. The molecular formula is C28H20Cl2CuN8O8. The number of halogens is 2. The van der Waals surface area contributed by atoms with Crippen LogP contribution in [-0.2, 0) is 17.1 Å². The van der Waals surface area contributed by atoms with Gasteiger partial charge in [0, 0.05) is 24.8 Å². The van der Waals surface area contributed by atoms with Crippen LogP contribution in [0.3, 0.4) is 0 Å². The van der Waals surface area contributed by atoms with Crippen LogP contribution in [0.15, 0.2) is 122 Å². The number of aromatic nitrogens is 8. The molecule has 0 spiro atoms. The van der Waals surface area contributed by atoms with E-state index >= 15 is 0 Å². The van der Waals surface area contributed by atoms with E-state index in [1.807, 2.05) is 97.1 Å². The third-order valence-corrected chi connectivity index (χ3v) is 5.04. The molecule has 19 heteroatoms. The van der Waals surface area contributed by atoms with Gasteiger partial charge in [0.2, 0.25) is 0 Å². The zero-order chi connectivity index (χ0) is 33.4. The Balaban J connectivity index is 0.000000251. The van der Waals surface area contributed by atoms with Crippen molar-refractivity contribution in [3.63, 3.8) is 0 Å². The molecule has 6 aromatic heterocycles. The Labute approximate surface area is 281 Å². The van der Waals surface area contributed by atoms with Gasteiger partial charge in [-0.25, -0.2) is 37.3 Å². The average Bonchev–Trinajstić information content (AvgIpc) is 3.05. The Morgan fingerprint density at radius 1 is 0.298 bits per heavy atom. The first-order chi connectivity index (χ1) is 21.9. The molecular weight excluding hydrogens is 711 g/mol. The summed E-state index contributed by atoms with van der Waals surface area (Å²) in [4.78, 5) is 16.9. The van der Waals surface area contributed by atoms with Gasteiger partial charge in [-0.05, 0) is 72.8 Å². The van der Waals surface area contributed by atoms with Crippen LogP contribution in [0.25, 0.3) is 45.6 Å². The molecule has 6 aromatic rings. The molecule has 0 aliphatic heterocycles. The summed E-state index contributed by atoms with van der Waals surface area (Å²) in [6.07, 6.45) is 6.96. The molecule has 0 N–H and O–H groups in total. The molecule has 0 saturated carbocycles. The fourth-order valence-corrected chi connectivity index (χ4v) is 3.27. The van der Waals surface area contributed by atoms with Crippen molar-refractivity contribution in [2.45, 2.75) is 0 Å². The molecule has 0 aliphatic rings. The summed E-state index contributed by atoms with van der Waals surface area (Å²) in [6, 6.07) is 30.4. The molecule has 0 fully saturated rings. The van der Waals surface area contributed by atoms with Gasteiger partial charge in [-0.1, -0.05) is 24.3 Å².